The molecule has 0 aliphatic rings. The van der Waals surface area contributed by atoms with E-state index in [1.54, 1.807) is 18.2 Å². The van der Waals surface area contributed by atoms with Crippen LogP contribution in [0.25, 0.3) is 10.8 Å². The Hall–Kier alpha value is -2.08. The molecule has 0 spiro atoms. The third-order valence-electron chi connectivity index (χ3n) is 3.04. The predicted molar refractivity (Wildman–Crippen MR) is 72.9 cm³/mol. The van der Waals surface area contributed by atoms with Crippen molar-refractivity contribution in [2.45, 2.75) is 12.7 Å². The molecule has 0 fully saturated rings. The smallest absolute Gasteiger partial charge is 0.401 e. The molecule has 0 heterocycles. The van der Waals surface area contributed by atoms with E-state index in [-0.39, 0.29) is 6.54 Å². The first-order valence-electron chi connectivity index (χ1n) is 6.33. The molecule has 21 heavy (non-hydrogen) atoms. The van der Waals surface area contributed by atoms with Crippen LogP contribution in [0.3, 0.4) is 0 Å². The van der Waals surface area contributed by atoms with Crippen LogP contribution >= 0.6 is 0 Å². The SMILES string of the molecule is O=C(O)CN(Cc1cccc2ccccc12)CC(F)(F)F. The third-order valence-corrected chi connectivity index (χ3v) is 3.04. The first-order valence-corrected chi connectivity index (χ1v) is 6.33. The lowest BCUT2D eigenvalue weighted by molar-refractivity contribution is -0.154. The second-order valence-corrected chi connectivity index (χ2v) is 4.79. The van der Waals surface area contributed by atoms with Crippen LogP contribution < -0.4 is 0 Å². The molecule has 0 unspecified atom stereocenters. The van der Waals surface area contributed by atoms with Crippen molar-refractivity contribution in [2.24, 2.45) is 0 Å². The maximum atomic E-state index is 12.5. The largest absolute Gasteiger partial charge is 0.480 e. The first kappa shape index (κ1) is 15.3. The summed E-state index contributed by atoms with van der Waals surface area (Å²) >= 11 is 0. The molecular formula is C15H14F3NO2. The van der Waals surface area contributed by atoms with E-state index >= 15 is 0 Å². The van der Waals surface area contributed by atoms with Gasteiger partial charge < -0.3 is 5.11 Å². The summed E-state index contributed by atoms with van der Waals surface area (Å²) in [6, 6.07) is 12.7. The van der Waals surface area contributed by atoms with Crippen LogP contribution in [-0.4, -0.2) is 35.2 Å². The van der Waals surface area contributed by atoms with Crippen molar-refractivity contribution in [1.82, 2.24) is 4.90 Å². The molecule has 0 saturated heterocycles. The van der Waals surface area contributed by atoms with Gasteiger partial charge in [0.15, 0.2) is 0 Å². The van der Waals surface area contributed by atoms with Crippen molar-refractivity contribution >= 4 is 16.7 Å². The Morgan fingerprint density at radius 3 is 2.43 bits per heavy atom. The second kappa shape index (κ2) is 6.13. The highest BCUT2D eigenvalue weighted by atomic mass is 19.4. The molecule has 0 amide bonds. The molecule has 0 aliphatic carbocycles. The Balaban J connectivity index is 2.27. The zero-order valence-electron chi connectivity index (χ0n) is 11.1. The Morgan fingerprint density at radius 1 is 1.10 bits per heavy atom. The maximum absolute atomic E-state index is 12.5. The quantitative estimate of drug-likeness (QED) is 0.920. The summed E-state index contributed by atoms with van der Waals surface area (Å²) in [4.78, 5) is 11.6. The predicted octanol–water partition coefficient (Wildman–Crippen LogP) is 3.29. The molecule has 0 aliphatic heterocycles. The summed E-state index contributed by atoms with van der Waals surface area (Å²) in [6.07, 6.45) is -4.43. The highest BCUT2D eigenvalue weighted by molar-refractivity contribution is 5.85. The number of aliphatic carboxylic acids is 1. The van der Waals surface area contributed by atoms with Crippen molar-refractivity contribution in [1.29, 1.82) is 0 Å². The number of benzene rings is 2. The van der Waals surface area contributed by atoms with Gasteiger partial charge in [0.05, 0.1) is 13.1 Å². The molecule has 2 rings (SSSR count). The second-order valence-electron chi connectivity index (χ2n) is 4.79. The van der Waals surface area contributed by atoms with Gasteiger partial charge in [-0.3, -0.25) is 9.69 Å². The van der Waals surface area contributed by atoms with Crippen molar-refractivity contribution in [3.05, 3.63) is 48.0 Å². The van der Waals surface area contributed by atoms with Crippen LogP contribution in [0.1, 0.15) is 5.56 Å². The summed E-state index contributed by atoms with van der Waals surface area (Å²) in [6.45, 7) is -1.96. The number of hydrogen-bond acceptors (Lipinski definition) is 2. The average molecular weight is 297 g/mol. The summed E-state index contributed by atoms with van der Waals surface area (Å²) in [5.74, 6) is -1.28. The van der Waals surface area contributed by atoms with Gasteiger partial charge in [-0.05, 0) is 16.3 Å². The topological polar surface area (TPSA) is 40.5 Å². The van der Waals surface area contributed by atoms with E-state index < -0.39 is 25.2 Å². The molecule has 1 N–H and O–H groups in total. The number of rotatable bonds is 5. The zero-order chi connectivity index (χ0) is 15.5. The molecule has 0 saturated carbocycles. The van der Waals surface area contributed by atoms with Crippen LogP contribution in [0, 0.1) is 0 Å². The van der Waals surface area contributed by atoms with Crippen molar-refractivity contribution < 1.29 is 23.1 Å². The Kier molecular flexibility index (Phi) is 4.47. The lowest BCUT2D eigenvalue weighted by Gasteiger charge is -2.22. The van der Waals surface area contributed by atoms with Gasteiger partial charge in [0.1, 0.15) is 0 Å². The van der Waals surface area contributed by atoms with Gasteiger partial charge in [-0.15, -0.1) is 0 Å². The first-order chi connectivity index (χ1) is 9.85. The number of alkyl halides is 3. The third kappa shape index (κ3) is 4.46. The minimum atomic E-state index is -4.43. The fourth-order valence-corrected chi connectivity index (χ4v) is 2.28. The van der Waals surface area contributed by atoms with Gasteiger partial charge in [-0.1, -0.05) is 42.5 Å². The Morgan fingerprint density at radius 2 is 1.76 bits per heavy atom. The summed E-state index contributed by atoms with van der Waals surface area (Å²) < 4.78 is 37.6. The molecule has 112 valence electrons. The molecular weight excluding hydrogens is 283 g/mol. The number of carboxylic acids is 1. The van der Waals surface area contributed by atoms with Gasteiger partial charge in [0.2, 0.25) is 0 Å². The van der Waals surface area contributed by atoms with Crippen molar-refractivity contribution in [2.75, 3.05) is 13.1 Å². The van der Waals surface area contributed by atoms with E-state index in [2.05, 4.69) is 0 Å². The molecule has 2 aromatic rings. The van der Waals surface area contributed by atoms with Crippen LogP contribution in [0.5, 0.6) is 0 Å². The lowest BCUT2D eigenvalue weighted by Crippen LogP contribution is -2.37. The van der Waals surface area contributed by atoms with Gasteiger partial charge in [-0.25, -0.2) is 0 Å². The standard InChI is InChI=1S/C15H14F3NO2/c16-15(17,18)10-19(9-14(20)21)8-12-6-3-5-11-4-1-2-7-13(11)12/h1-7H,8-10H2,(H,20,21). The van der Waals surface area contributed by atoms with Gasteiger partial charge in [0.25, 0.3) is 0 Å². The minimum Gasteiger partial charge on any atom is -0.480 e. The summed E-state index contributed by atoms with van der Waals surface area (Å²) in [7, 11) is 0. The summed E-state index contributed by atoms with van der Waals surface area (Å²) in [5, 5.41) is 10.5. The monoisotopic (exact) mass is 297 g/mol. The van der Waals surface area contributed by atoms with E-state index in [0.29, 0.717) is 5.56 Å². The molecule has 2 aromatic carbocycles. The number of carboxylic acid groups (broad SMARTS) is 1. The van der Waals surface area contributed by atoms with E-state index in [9.17, 15) is 18.0 Å². The maximum Gasteiger partial charge on any atom is 0.401 e. The molecule has 6 heteroatoms. The Bertz CT molecular complexity index is 635. The molecule has 0 bridgehead atoms. The van der Waals surface area contributed by atoms with Gasteiger partial charge >= 0.3 is 12.1 Å². The number of fused-ring (bicyclic) bond motifs is 1. The molecule has 3 nitrogen and oxygen atoms in total. The highest BCUT2D eigenvalue weighted by Gasteiger charge is 2.31. The number of hydrogen-bond donors (Lipinski definition) is 1. The Labute approximate surface area is 119 Å². The van der Waals surface area contributed by atoms with Crippen molar-refractivity contribution in [3.63, 3.8) is 0 Å². The zero-order valence-corrected chi connectivity index (χ0v) is 11.1. The minimum absolute atomic E-state index is 0.0623. The van der Waals surface area contributed by atoms with Gasteiger partial charge in [0, 0.05) is 6.54 Å². The van der Waals surface area contributed by atoms with Gasteiger partial charge in [-0.2, -0.15) is 13.2 Å². The van der Waals surface area contributed by atoms with E-state index in [0.717, 1.165) is 15.7 Å². The van der Waals surface area contributed by atoms with E-state index in [1.165, 1.54) is 0 Å². The van der Waals surface area contributed by atoms with Crippen LogP contribution in [0.15, 0.2) is 42.5 Å². The molecule has 0 atom stereocenters. The fraction of sp³-hybridized carbons (Fsp3) is 0.267. The fourth-order valence-electron chi connectivity index (χ4n) is 2.28. The van der Waals surface area contributed by atoms with Crippen molar-refractivity contribution in [3.8, 4) is 0 Å². The molecule has 0 radical (unpaired) electrons. The number of carbonyl (C=O) groups is 1. The van der Waals surface area contributed by atoms with Crippen LogP contribution in [-0.2, 0) is 11.3 Å². The van der Waals surface area contributed by atoms with E-state index in [4.69, 9.17) is 5.11 Å². The number of nitrogens with zero attached hydrogens (tertiary/aromatic N) is 1. The van der Waals surface area contributed by atoms with E-state index in [1.807, 2.05) is 24.3 Å². The normalized spacial score (nSPS) is 12.0. The lowest BCUT2D eigenvalue weighted by atomic mass is 10.0. The van der Waals surface area contributed by atoms with Crippen LogP contribution in [0.4, 0.5) is 13.2 Å². The molecule has 0 aromatic heterocycles. The highest BCUT2D eigenvalue weighted by Crippen LogP contribution is 2.22. The number of halogens is 3. The van der Waals surface area contributed by atoms with Crippen LogP contribution in [0.2, 0.25) is 0 Å². The summed E-state index contributed by atoms with van der Waals surface area (Å²) in [5.41, 5.74) is 0.679. The average Bonchev–Trinajstić information content (AvgIpc) is 2.36.